The van der Waals surface area contributed by atoms with Gasteiger partial charge in [-0.3, -0.25) is 4.79 Å². The Morgan fingerprint density at radius 2 is 2.22 bits per heavy atom. The van der Waals surface area contributed by atoms with Gasteiger partial charge in [0.25, 0.3) is 5.91 Å². The fraction of sp³-hybridized carbons (Fsp3) is 0.583. The van der Waals surface area contributed by atoms with Gasteiger partial charge in [-0.25, -0.2) is 9.98 Å². The van der Waals surface area contributed by atoms with E-state index in [1.165, 1.54) is 11.8 Å². The summed E-state index contributed by atoms with van der Waals surface area (Å²) in [6.45, 7) is 5.76. The van der Waals surface area contributed by atoms with E-state index >= 15 is 0 Å². The Balaban J connectivity index is 2.11. The molecule has 18 heavy (non-hydrogen) atoms. The molecule has 0 aromatic carbocycles. The Kier molecular flexibility index (Phi) is 3.87. The SMILES string of the molecule is C=N/C(=N\C1=C(C)C(=O)N([C@H]2C[C@H](O)C2)C1)SC. The van der Waals surface area contributed by atoms with Gasteiger partial charge < -0.3 is 10.0 Å². The van der Waals surface area contributed by atoms with Crippen LogP contribution in [0.3, 0.4) is 0 Å². The second-order valence-corrected chi connectivity index (χ2v) is 5.31. The van der Waals surface area contributed by atoms with Gasteiger partial charge in [0, 0.05) is 11.6 Å². The van der Waals surface area contributed by atoms with Crippen LogP contribution in [0.2, 0.25) is 0 Å². The molecule has 1 saturated carbocycles. The van der Waals surface area contributed by atoms with Gasteiger partial charge in [-0.1, -0.05) is 11.8 Å². The summed E-state index contributed by atoms with van der Waals surface area (Å²) in [6, 6.07) is 0.157. The predicted molar refractivity (Wildman–Crippen MR) is 73.9 cm³/mol. The van der Waals surface area contributed by atoms with Crippen LogP contribution in [0.25, 0.3) is 0 Å². The number of rotatable bonds is 2. The number of hydrogen-bond donors (Lipinski definition) is 1. The monoisotopic (exact) mass is 267 g/mol. The van der Waals surface area contributed by atoms with Crippen LogP contribution < -0.4 is 0 Å². The van der Waals surface area contributed by atoms with E-state index in [1.54, 1.807) is 11.8 Å². The van der Waals surface area contributed by atoms with Crippen molar-refractivity contribution in [3.63, 3.8) is 0 Å². The third-order valence-electron chi connectivity index (χ3n) is 3.41. The Labute approximate surface area is 111 Å². The summed E-state index contributed by atoms with van der Waals surface area (Å²) in [5.41, 5.74) is 1.43. The molecule has 1 heterocycles. The molecule has 1 N–H and O–H groups in total. The maximum atomic E-state index is 12.1. The molecule has 1 aliphatic heterocycles. The van der Waals surface area contributed by atoms with Crippen LogP contribution in [0.4, 0.5) is 0 Å². The number of nitrogens with zero attached hydrogens (tertiary/aromatic N) is 3. The minimum atomic E-state index is -0.257. The molecule has 5 nitrogen and oxygen atoms in total. The normalized spacial score (nSPS) is 28.7. The summed E-state index contributed by atoms with van der Waals surface area (Å²) >= 11 is 1.41. The van der Waals surface area contributed by atoms with E-state index in [-0.39, 0.29) is 18.1 Å². The molecule has 0 radical (unpaired) electrons. The number of aliphatic hydroxyl groups excluding tert-OH is 1. The van der Waals surface area contributed by atoms with Gasteiger partial charge >= 0.3 is 0 Å². The van der Waals surface area contributed by atoms with Crippen molar-refractivity contribution >= 4 is 29.6 Å². The topological polar surface area (TPSA) is 65.3 Å². The Hall–Kier alpha value is -1.14. The number of thioether (sulfide) groups is 1. The molecule has 0 unspecified atom stereocenters. The second-order valence-electron chi connectivity index (χ2n) is 4.54. The van der Waals surface area contributed by atoms with Crippen molar-refractivity contribution in [2.45, 2.75) is 31.9 Å². The van der Waals surface area contributed by atoms with E-state index in [0.29, 0.717) is 30.1 Å². The molecular formula is C12H17N3O2S. The van der Waals surface area contributed by atoms with E-state index in [9.17, 15) is 9.90 Å². The molecule has 6 heteroatoms. The summed E-state index contributed by atoms with van der Waals surface area (Å²) in [5.74, 6) is 0.0233. The lowest BCUT2D eigenvalue weighted by Gasteiger charge is -2.38. The van der Waals surface area contributed by atoms with Crippen molar-refractivity contribution in [1.29, 1.82) is 0 Å². The standard InChI is InChI=1S/C12H17N3O2S/c1-7-10(14-12(13-2)18-3)6-15(11(7)17)8-4-9(16)5-8/h8-9,16H,2,4-6H2,1,3H3/b14-12+/t8-,9-. The van der Waals surface area contributed by atoms with Gasteiger partial charge in [-0.2, -0.15) is 0 Å². The van der Waals surface area contributed by atoms with E-state index in [4.69, 9.17) is 0 Å². The lowest BCUT2D eigenvalue weighted by Crippen LogP contribution is -2.48. The molecule has 1 fully saturated rings. The minimum Gasteiger partial charge on any atom is -0.393 e. The highest BCUT2D eigenvalue weighted by Crippen LogP contribution is 2.31. The number of carbonyl (C=O) groups is 1. The molecule has 1 aliphatic carbocycles. The first kappa shape index (κ1) is 13.3. The summed E-state index contributed by atoms with van der Waals surface area (Å²) in [6.07, 6.45) is 2.96. The van der Waals surface area contributed by atoms with Crippen LogP contribution in [0.5, 0.6) is 0 Å². The number of aliphatic imine (C=N–C) groups is 2. The average Bonchev–Trinajstić information content (AvgIpc) is 2.60. The first-order valence-corrected chi connectivity index (χ1v) is 7.07. The molecule has 0 saturated heterocycles. The van der Waals surface area contributed by atoms with E-state index in [2.05, 4.69) is 16.7 Å². The van der Waals surface area contributed by atoms with Gasteiger partial charge in [0.1, 0.15) is 0 Å². The van der Waals surface area contributed by atoms with Gasteiger partial charge in [0.15, 0.2) is 5.17 Å². The van der Waals surface area contributed by atoms with Crippen molar-refractivity contribution in [3.8, 4) is 0 Å². The molecule has 2 aliphatic rings. The van der Waals surface area contributed by atoms with Crippen LogP contribution >= 0.6 is 11.8 Å². The Morgan fingerprint density at radius 3 is 2.72 bits per heavy atom. The molecule has 1 amide bonds. The van der Waals surface area contributed by atoms with E-state index in [1.807, 2.05) is 6.26 Å². The van der Waals surface area contributed by atoms with Gasteiger partial charge in [0.2, 0.25) is 0 Å². The molecule has 0 bridgehead atoms. The zero-order valence-corrected chi connectivity index (χ0v) is 11.4. The van der Waals surface area contributed by atoms with Crippen molar-refractivity contribution in [3.05, 3.63) is 11.3 Å². The molecule has 98 valence electrons. The molecular weight excluding hydrogens is 250 g/mol. The Bertz CT molecular complexity index is 439. The molecule has 0 aromatic heterocycles. The quantitative estimate of drug-likeness (QED) is 0.600. The predicted octanol–water partition coefficient (Wildman–Crippen LogP) is 1.05. The van der Waals surface area contributed by atoms with Crippen LogP contribution in [0.1, 0.15) is 19.8 Å². The molecule has 2 rings (SSSR count). The molecule has 0 atom stereocenters. The van der Waals surface area contributed by atoms with Crippen LogP contribution in [-0.4, -0.2) is 52.7 Å². The van der Waals surface area contributed by atoms with E-state index in [0.717, 1.165) is 5.70 Å². The first-order chi connectivity index (χ1) is 8.56. The van der Waals surface area contributed by atoms with Crippen LogP contribution in [0, 0.1) is 0 Å². The van der Waals surface area contributed by atoms with Gasteiger partial charge in [-0.05, 0) is 32.7 Å². The van der Waals surface area contributed by atoms with Gasteiger partial charge in [-0.15, -0.1) is 0 Å². The fourth-order valence-corrected chi connectivity index (χ4v) is 2.51. The fourth-order valence-electron chi connectivity index (χ4n) is 2.18. The molecule has 0 spiro atoms. The van der Waals surface area contributed by atoms with Crippen molar-refractivity contribution in [1.82, 2.24) is 4.90 Å². The second kappa shape index (κ2) is 5.24. The summed E-state index contributed by atoms with van der Waals surface area (Å²) in [5, 5.41) is 9.89. The highest BCUT2D eigenvalue weighted by Gasteiger charge is 2.39. The first-order valence-electron chi connectivity index (χ1n) is 5.85. The van der Waals surface area contributed by atoms with Crippen molar-refractivity contribution in [2.24, 2.45) is 9.98 Å². The minimum absolute atomic E-state index is 0.0233. The van der Waals surface area contributed by atoms with Crippen LogP contribution in [-0.2, 0) is 4.79 Å². The maximum Gasteiger partial charge on any atom is 0.252 e. The van der Waals surface area contributed by atoms with Crippen molar-refractivity contribution < 1.29 is 9.90 Å². The number of carbonyl (C=O) groups excluding carboxylic acids is 1. The van der Waals surface area contributed by atoms with E-state index < -0.39 is 0 Å². The molecule has 0 aromatic rings. The van der Waals surface area contributed by atoms with Crippen LogP contribution in [0.15, 0.2) is 21.3 Å². The number of hydrogen-bond acceptors (Lipinski definition) is 4. The number of amides is 1. The maximum absolute atomic E-state index is 12.1. The summed E-state index contributed by atoms with van der Waals surface area (Å²) < 4.78 is 0. The van der Waals surface area contributed by atoms with Gasteiger partial charge in [0.05, 0.1) is 18.3 Å². The summed E-state index contributed by atoms with van der Waals surface area (Å²) in [4.78, 5) is 22.0. The third kappa shape index (κ3) is 2.35. The lowest BCUT2D eigenvalue weighted by molar-refractivity contribution is -0.131. The lowest BCUT2D eigenvalue weighted by atomic mass is 9.88. The highest BCUT2D eigenvalue weighted by molar-refractivity contribution is 8.13. The third-order valence-corrected chi connectivity index (χ3v) is 4.00. The largest absolute Gasteiger partial charge is 0.393 e. The number of aliphatic hydroxyl groups is 1. The number of amidine groups is 1. The van der Waals surface area contributed by atoms with Crippen molar-refractivity contribution in [2.75, 3.05) is 12.8 Å². The smallest absolute Gasteiger partial charge is 0.252 e. The zero-order chi connectivity index (χ0) is 13.3. The highest BCUT2D eigenvalue weighted by atomic mass is 32.2. The summed E-state index contributed by atoms with van der Waals surface area (Å²) in [7, 11) is 0. The average molecular weight is 267 g/mol. The Morgan fingerprint density at radius 1 is 1.56 bits per heavy atom. The zero-order valence-electron chi connectivity index (χ0n) is 10.6.